The summed E-state index contributed by atoms with van der Waals surface area (Å²) in [6, 6.07) is -0.928. The number of rotatable bonds is 1. The van der Waals surface area contributed by atoms with Crippen molar-refractivity contribution >= 4 is 17.8 Å². The quantitative estimate of drug-likeness (QED) is 0.508. The zero-order valence-electron chi connectivity index (χ0n) is 6.52. The average Bonchev–Trinajstić information content (AvgIpc) is 2.30. The molecule has 1 atom stereocenters. The molecule has 0 fully saturated rings. The van der Waals surface area contributed by atoms with E-state index in [0.29, 0.717) is 0 Å². The van der Waals surface area contributed by atoms with Gasteiger partial charge in [0, 0.05) is 6.92 Å². The van der Waals surface area contributed by atoms with Crippen LogP contribution in [-0.4, -0.2) is 40.4 Å². The summed E-state index contributed by atoms with van der Waals surface area (Å²) in [5, 5.41) is 8.63. The van der Waals surface area contributed by atoms with Crippen LogP contribution in [0.3, 0.4) is 0 Å². The van der Waals surface area contributed by atoms with Gasteiger partial charge in [-0.1, -0.05) is 0 Å². The lowest BCUT2D eigenvalue weighted by Gasteiger charge is -2.18. The van der Waals surface area contributed by atoms with Crippen LogP contribution in [0.25, 0.3) is 0 Å². The number of nitrogens with two attached hydrogens (primary N) is 1. The highest BCUT2D eigenvalue weighted by Crippen LogP contribution is 2.08. The third-order valence-corrected chi connectivity index (χ3v) is 1.61. The molecule has 0 spiro atoms. The molecule has 66 valence electrons. The molecule has 0 saturated carbocycles. The third kappa shape index (κ3) is 1.23. The van der Waals surface area contributed by atoms with Crippen LogP contribution < -0.4 is 5.73 Å². The normalized spacial score (nSPS) is 22.2. The summed E-state index contributed by atoms with van der Waals surface area (Å²) >= 11 is 0. The highest BCUT2D eigenvalue weighted by Gasteiger charge is 2.34. The van der Waals surface area contributed by atoms with E-state index in [-0.39, 0.29) is 12.5 Å². The van der Waals surface area contributed by atoms with Gasteiger partial charge in [-0.05, 0) is 0 Å². The first-order valence-electron chi connectivity index (χ1n) is 3.36. The van der Waals surface area contributed by atoms with Gasteiger partial charge in [0.25, 0.3) is 0 Å². The molecular formula is C6H9N3O3. The smallest absolute Gasteiger partial charge is 0.328 e. The Bertz CT molecular complexity index is 261. The molecule has 6 heteroatoms. The van der Waals surface area contributed by atoms with Crippen molar-refractivity contribution in [2.75, 3.05) is 6.54 Å². The van der Waals surface area contributed by atoms with Crippen LogP contribution in [0.2, 0.25) is 0 Å². The number of aliphatic imine (C=N–C) groups is 1. The summed E-state index contributed by atoms with van der Waals surface area (Å²) in [6.45, 7) is 1.30. The van der Waals surface area contributed by atoms with Gasteiger partial charge in [0.05, 0.1) is 6.54 Å². The molecule has 1 amide bonds. The number of carbonyl (C=O) groups excluding carboxylic acids is 1. The minimum absolute atomic E-state index is 0.0186. The maximum atomic E-state index is 10.9. The Hall–Kier alpha value is -1.59. The lowest BCUT2D eigenvalue weighted by molar-refractivity contribution is -0.145. The zero-order chi connectivity index (χ0) is 9.30. The van der Waals surface area contributed by atoms with Crippen LogP contribution in [-0.2, 0) is 9.59 Å². The Morgan fingerprint density at radius 2 is 2.33 bits per heavy atom. The van der Waals surface area contributed by atoms with Crippen LogP contribution in [0.1, 0.15) is 6.92 Å². The summed E-state index contributed by atoms with van der Waals surface area (Å²) in [5.74, 6) is -1.51. The van der Waals surface area contributed by atoms with Crippen molar-refractivity contribution < 1.29 is 14.7 Å². The molecule has 0 aliphatic carbocycles. The molecule has 0 aromatic carbocycles. The predicted molar refractivity (Wildman–Crippen MR) is 40.4 cm³/mol. The number of carboxylic acids is 1. The summed E-state index contributed by atoms with van der Waals surface area (Å²) < 4.78 is 0. The van der Waals surface area contributed by atoms with Crippen molar-refractivity contribution in [3.63, 3.8) is 0 Å². The second-order valence-corrected chi connectivity index (χ2v) is 2.44. The van der Waals surface area contributed by atoms with Gasteiger partial charge in [-0.3, -0.25) is 14.7 Å². The van der Waals surface area contributed by atoms with Crippen LogP contribution in [0.15, 0.2) is 4.99 Å². The molecular weight excluding hydrogens is 162 g/mol. The number of amides is 1. The van der Waals surface area contributed by atoms with E-state index in [1.54, 1.807) is 0 Å². The van der Waals surface area contributed by atoms with E-state index in [9.17, 15) is 9.59 Å². The van der Waals surface area contributed by atoms with Crippen molar-refractivity contribution in [1.82, 2.24) is 4.90 Å². The number of hydrogen-bond donors (Lipinski definition) is 2. The lowest BCUT2D eigenvalue weighted by Crippen LogP contribution is -2.47. The maximum absolute atomic E-state index is 10.9. The summed E-state index contributed by atoms with van der Waals surface area (Å²) in [5.41, 5.74) is 5.30. The highest BCUT2D eigenvalue weighted by atomic mass is 16.4. The van der Waals surface area contributed by atoms with Crippen LogP contribution in [0.4, 0.5) is 0 Å². The second-order valence-electron chi connectivity index (χ2n) is 2.44. The number of nitrogens with zero attached hydrogens (tertiary/aromatic N) is 2. The van der Waals surface area contributed by atoms with Gasteiger partial charge in [0.1, 0.15) is 0 Å². The van der Waals surface area contributed by atoms with E-state index in [1.807, 2.05) is 0 Å². The van der Waals surface area contributed by atoms with Crippen molar-refractivity contribution in [3.8, 4) is 0 Å². The molecule has 1 unspecified atom stereocenters. The van der Waals surface area contributed by atoms with Crippen LogP contribution in [0, 0.1) is 0 Å². The van der Waals surface area contributed by atoms with E-state index in [1.165, 1.54) is 6.92 Å². The first-order valence-corrected chi connectivity index (χ1v) is 3.36. The molecule has 1 rings (SSSR count). The standard InChI is InChI=1S/C6H9N3O3/c1-3(10)9-4(5(11)12)2-8-6(9)7/h4H,2H2,1H3,(H2,7,8)(H,11,12). The van der Waals surface area contributed by atoms with E-state index < -0.39 is 17.9 Å². The minimum atomic E-state index is -1.09. The number of guanidine groups is 1. The molecule has 0 aromatic rings. The minimum Gasteiger partial charge on any atom is -0.480 e. The van der Waals surface area contributed by atoms with Crippen LogP contribution in [0.5, 0.6) is 0 Å². The Morgan fingerprint density at radius 1 is 1.75 bits per heavy atom. The number of carboxylic acid groups (broad SMARTS) is 1. The Morgan fingerprint density at radius 3 is 2.67 bits per heavy atom. The van der Waals surface area contributed by atoms with Gasteiger partial charge in [-0.15, -0.1) is 0 Å². The molecule has 3 N–H and O–H groups in total. The van der Waals surface area contributed by atoms with E-state index in [4.69, 9.17) is 10.8 Å². The first kappa shape index (κ1) is 8.51. The van der Waals surface area contributed by atoms with Crippen molar-refractivity contribution in [2.45, 2.75) is 13.0 Å². The fourth-order valence-electron chi connectivity index (χ4n) is 1.07. The van der Waals surface area contributed by atoms with Gasteiger partial charge in [-0.25, -0.2) is 4.79 Å². The molecule has 0 radical (unpaired) electrons. The average molecular weight is 171 g/mol. The fourth-order valence-corrected chi connectivity index (χ4v) is 1.07. The Labute approximate surface area is 68.7 Å². The molecule has 6 nitrogen and oxygen atoms in total. The highest BCUT2D eigenvalue weighted by molar-refractivity contribution is 6.01. The van der Waals surface area contributed by atoms with Gasteiger partial charge in [0.2, 0.25) is 5.91 Å². The van der Waals surface area contributed by atoms with Crippen molar-refractivity contribution in [3.05, 3.63) is 0 Å². The predicted octanol–water partition coefficient (Wildman–Crippen LogP) is -1.38. The topological polar surface area (TPSA) is 96.0 Å². The largest absolute Gasteiger partial charge is 0.480 e. The molecule has 0 aromatic heterocycles. The zero-order valence-corrected chi connectivity index (χ0v) is 6.52. The van der Waals surface area contributed by atoms with Gasteiger partial charge in [-0.2, -0.15) is 0 Å². The molecule has 1 aliphatic rings. The SMILES string of the molecule is CC(=O)N1C(N)=NCC1C(=O)O. The summed E-state index contributed by atoms with van der Waals surface area (Å²) in [4.78, 5) is 26.0. The van der Waals surface area contributed by atoms with Gasteiger partial charge >= 0.3 is 5.97 Å². The third-order valence-electron chi connectivity index (χ3n) is 1.61. The molecule has 1 aliphatic heterocycles. The summed E-state index contributed by atoms with van der Waals surface area (Å²) in [7, 11) is 0. The molecule has 1 heterocycles. The second kappa shape index (κ2) is 2.80. The Balaban J connectivity index is 2.84. The molecule has 0 saturated heterocycles. The molecule has 12 heavy (non-hydrogen) atoms. The van der Waals surface area contributed by atoms with Crippen LogP contribution >= 0.6 is 0 Å². The maximum Gasteiger partial charge on any atom is 0.328 e. The fraction of sp³-hybridized carbons (Fsp3) is 0.500. The first-order chi connectivity index (χ1) is 5.54. The van der Waals surface area contributed by atoms with E-state index in [0.717, 1.165) is 4.90 Å². The van der Waals surface area contributed by atoms with Gasteiger partial charge in [0.15, 0.2) is 12.0 Å². The monoisotopic (exact) mass is 171 g/mol. The van der Waals surface area contributed by atoms with Crippen molar-refractivity contribution in [2.24, 2.45) is 10.7 Å². The number of aliphatic carboxylic acids is 1. The number of hydrogen-bond acceptors (Lipinski definition) is 4. The van der Waals surface area contributed by atoms with Crippen molar-refractivity contribution in [1.29, 1.82) is 0 Å². The Kier molecular flexibility index (Phi) is 1.99. The molecule has 0 bridgehead atoms. The summed E-state index contributed by atoms with van der Waals surface area (Å²) in [6.07, 6.45) is 0. The van der Waals surface area contributed by atoms with Gasteiger partial charge < -0.3 is 10.8 Å². The van der Waals surface area contributed by atoms with E-state index in [2.05, 4.69) is 4.99 Å². The number of carbonyl (C=O) groups is 2. The lowest BCUT2D eigenvalue weighted by atomic mass is 10.3. The van der Waals surface area contributed by atoms with E-state index >= 15 is 0 Å².